The number of anilines is 1. The van der Waals surface area contributed by atoms with Gasteiger partial charge in [0.2, 0.25) is 0 Å². The summed E-state index contributed by atoms with van der Waals surface area (Å²) in [5.74, 6) is 4.95. The lowest BCUT2D eigenvalue weighted by Gasteiger charge is -1.97. The van der Waals surface area contributed by atoms with E-state index in [0.29, 0.717) is 10.7 Å². The molecule has 0 atom stereocenters. The summed E-state index contributed by atoms with van der Waals surface area (Å²) in [6.07, 6.45) is 1.47. The minimum Gasteiger partial charge on any atom is -0.399 e. The lowest BCUT2D eigenvalue weighted by Crippen LogP contribution is -1.90. The second-order valence-electron chi connectivity index (χ2n) is 2.06. The van der Waals surface area contributed by atoms with E-state index in [0.717, 1.165) is 5.56 Å². The average Bonchev–Trinajstić information content (AvgIpc) is 1.95. The van der Waals surface area contributed by atoms with Crippen LogP contribution < -0.4 is 11.6 Å². The fourth-order valence-corrected chi connectivity index (χ4v) is 0.966. The van der Waals surface area contributed by atoms with Crippen LogP contribution in [-0.2, 0) is 0 Å². The van der Waals surface area contributed by atoms with E-state index in [1.54, 1.807) is 18.2 Å². The fraction of sp³-hybridized carbons (Fsp3) is 0. The van der Waals surface area contributed by atoms with Gasteiger partial charge >= 0.3 is 0 Å². The van der Waals surface area contributed by atoms with Crippen LogP contribution in [-0.4, -0.2) is 6.21 Å². The minimum atomic E-state index is 0.555. The van der Waals surface area contributed by atoms with Gasteiger partial charge in [-0.15, -0.1) is 0 Å². The molecule has 0 fully saturated rings. The van der Waals surface area contributed by atoms with Crippen LogP contribution in [0, 0.1) is 0 Å². The number of nitrogen functional groups attached to an aromatic ring is 1. The summed E-state index contributed by atoms with van der Waals surface area (Å²) in [6, 6.07) is 5.15. The number of hydrazone groups is 1. The van der Waals surface area contributed by atoms with Gasteiger partial charge < -0.3 is 11.6 Å². The predicted molar refractivity (Wildman–Crippen MR) is 47.6 cm³/mol. The Balaban J connectivity index is 3.09. The molecule has 1 aromatic carbocycles. The van der Waals surface area contributed by atoms with Gasteiger partial charge in [0.15, 0.2) is 0 Å². The zero-order valence-corrected chi connectivity index (χ0v) is 6.55. The molecule has 3 nitrogen and oxygen atoms in total. The first kappa shape index (κ1) is 7.88. The number of nitrogens with two attached hydrogens (primary N) is 2. The summed E-state index contributed by atoms with van der Waals surface area (Å²) < 4.78 is 0. The van der Waals surface area contributed by atoms with Crippen LogP contribution in [0.4, 0.5) is 5.69 Å². The maximum atomic E-state index is 5.78. The van der Waals surface area contributed by atoms with Gasteiger partial charge in [0.1, 0.15) is 0 Å². The maximum absolute atomic E-state index is 5.78. The Hall–Kier alpha value is -1.22. The molecule has 0 spiro atoms. The van der Waals surface area contributed by atoms with Crippen molar-refractivity contribution in [3.8, 4) is 0 Å². The quantitative estimate of drug-likeness (QED) is 0.287. The van der Waals surface area contributed by atoms with Crippen LogP contribution in [0.3, 0.4) is 0 Å². The largest absolute Gasteiger partial charge is 0.399 e. The molecule has 0 heterocycles. The van der Waals surface area contributed by atoms with E-state index in [9.17, 15) is 0 Å². The summed E-state index contributed by atoms with van der Waals surface area (Å²) in [7, 11) is 0. The molecule has 1 aromatic rings. The molecule has 1 rings (SSSR count). The molecule has 0 aliphatic rings. The fourth-order valence-electron chi connectivity index (χ4n) is 0.728. The molecule has 0 radical (unpaired) electrons. The van der Waals surface area contributed by atoms with E-state index in [4.69, 9.17) is 23.2 Å². The third-order valence-electron chi connectivity index (χ3n) is 1.24. The zero-order valence-electron chi connectivity index (χ0n) is 5.79. The van der Waals surface area contributed by atoms with Crippen LogP contribution in [0.1, 0.15) is 5.56 Å². The molecule has 0 amide bonds. The van der Waals surface area contributed by atoms with E-state index in [1.165, 1.54) is 6.21 Å². The molecule has 0 aliphatic carbocycles. The third kappa shape index (κ3) is 1.85. The van der Waals surface area contributed by atoms with Crippen molar-refractivity contribution in [1.82, 2.24) is 0 Å². The molecular weight excluding hydrogens is 162 g/mol. The molecule has 4 N–H and O–H groups in total. The number of halogens is 1. The smallest absolute Gasteiger partial charge is 0.0553 e. The molecule has 0 saturated heterocycles. The van der Waals surface area contributed by atoms with E-state index in [2.05, 4.69) is 5.10 Å². The van der Waals surface area contributed by atoms with Gasteiger partial charge in [-0.1, -0.05) is 11.6 Å². The van der Waals surface area contributed by atoms with Gasteiger partial charge in [0.25, 0.3) is 0 Å². The van der Waals surface area contributed by atoms with Crippen molar-refractivity contribution in [3.05, 3.63) is 28.8 Å². The molecule has 0 bridgehead atoms. The number of hydrogen-bond donors (Lipinski definition) is 2. The molecule has 58 valence electrons. The van der Waals surface area contributed by atoms with Crippen LogP contribution in [0.15, 0.2) is 23.3 Å². The van der Waals surface area contributed by atoms with Crippen molar-refractivity contribution in [2.45, 2.75) is 0 Å². The van der Waals surface area contributed by atoms with E-state index in [-0.39, 0.29) is 0 Å². The molecule has 11 heavy (non-hydrogen) atoms. The summed E-state index contributed by atoms with van der Waals surface area (Å²) in [4.78, 5) is 0. The van der Waals surface area contributed by atoms with E-state index in [1.807, 2.05) is 0 Å². The van der Waals surface area contributed by atoms with Crippen LogP contribution in [0.2, 0.25) is 5.02 Å². The van der Waals surface area contributed by atoms with Gasteiger partial charge in [0, 0.05) is 11.3 Å². The second kappa shape index (κ2) is 3.25. The Morgan fingerprint density at radius 2 is 2.18 bits per heavy atom. The highest BCUT2D eigenvalue weighted by atomic mass is 35.5. The zero-order chi connectivity index (χ0) is 8.27. The van der Waals surface area contributed by atoms with E-state index < -0.39 is 0 Å². The van der Waals surface area contributed by atoms with Crippen molar-refractivity contribution in [2.24, 2.45) is 10.9 Å². The topological polar surface area (TPSA) is 64.4 Å². The molecule has 0 saturated carbocycles. The molecule has 4 heteroatoms. The van der Waals surface area contributed by atoms with Crippen molar-refractivity contribution in [1.29, 1.82) is 0 Å². The standard InChI is InChI=1S/C7H8ClN3/c8-7-3-6(9)2-1-5(7)4-11-10/h1-4H,9-10H2/b11-4+. The Morgan fingerprint density at radius 3 is 2.73 bits per heavy atom. The van der Waals surface area contributed by atoms with Crippen LogP contribution in [0.25, 0.3) is 0 Å². The highest BCUT2D eigenvalue weighted by molar-refractivity contribution is 6.33. The van der Waals surface area contributed by atoms with Crippen molar-refractivity contribution in [2.75, 3.05) is 5.73 Å². The van der Waals surface area contributed by atoms with E-state index >= 15 is 0 Å². The molecule has 0 unspecified atom stereocenters. The third-order valence-corrected chi connectivity index (χ3v) is 1.57. The van der Waals surface area contributed by atoms with Crippen molar-refractivity contribution in [3.63, 3.8) is 0 Å². The summed E-state index contributed by atoms with van der Waals surface area (Å²) in [5, 5.41) is 3.90. The average molecular weight is 170 g/mol. The van der Waals surface area contributed by atoms with Crippen molar-refractivity contribution < 1.29 is 0 Å². The first-order valence-electron chi connectivity index (χ1n) is 3.02. The van der Waals surface area contributed by atoms with Gasteiger partial charge in [-0.2, -0.15) is 5.10 Å². The Morgan fingerprint density at radius 1 is 1.45 bits per heavy atom. The second-order valence-corrected chi connectivity index (χ2v) is 2.47. The predicted octanol–water partition coefficient (Wildman–Crippen LogP) is 1.21. The van der Waals surface area contributed by atoms with Crippen molar-refractivity contribution >= 4 is 23.5 Å². The van der Waals surface area contributed by atoms with Gasteiger partial charge in [-0.05, 0) is 18.2 Å². The summed E-state index contributed by atoms with van der Waals surface area (Å²) in [5.41, 5.74) is 6.86. The molecule has 0 aliphatic heterocycles. The molecular formula is C7H8ClN3. The summed E-state index contributed by atoms with van der Waals surface area (Å²) >= 11 is 5.78. The number of rotatable bonds is 1. The monoisotopic (exact) mass is 169 g/mol. The first-order valence-corrected chi connectivity index (χ1v) is 3.40. The number of nitrogens with zero attached hydrogens (tertiary/aromatic N) is 1. The minimum absolute atomic E-state index is 0.555. The highest BCUT2D eigenvalue weighted by Crippen LogP contribution is 2.16. The number of benzene rings is 1. The van der Waals surface area contributed by atoms with Gasteiger partial charge in [0.05, 0.1) is 11.2 Å². The summed E-state index contributed by atoms with van der Waals surface area (Å²) in [6.45, 7) is 0. The lowest BCUT2D eigenvalue weighted by atomic mass is 10.2. The van der Waals surface area contributed by atoms with Crippen LogP contribution >= 0.6 is 11.6 Å². The van der Waals surface area contributed by atoms with Crippen LogP contribution in [0.5, 0.6) is 0 Å². The Kier molecular flexibility index (Phi) is 2.33. The Bertz CT molecular complexity index is 283. The normalized spacial score (nSPS) is 10.6. The number of hydrogen-bond acceptors (Lipinski definition) is 3. The first-order chi connectivity index (χ1) is 5.24. The SMILES string of the molecule is N/N=C/c1ccc(N)cc1Cl. The van der Waals surface area contributed by atoms with Gasteiger partial charge in [-0.25, -0.2) is 0 Å². The van der Waals surface area contributed by atoms with Gasteiger partial charge in [-0.3, -0.25) is 0 Å². The Labute approximate surface area is 69.6 Å². The lowest BCUT2D eigenvalue weighted by molar-refractivity contribution is 1.26. The molecule has 0 aromatic heterocycles. The maximum Gasteiger partial charge on any atom is 0.0553 e. The highest BCUT2D eigenvalue weighted by Gasteiger charge is 1.95.